The Labute approximate surface area is 180 Å². The fourth-order valence-corrected chi connectivity index (χ4v) is 3.73. The fourth-order valence-electron chi connectivity index (χ4n) is 3.73. The summed E-state index contributed by atoms with van der Waals surface area (Å²) >= 11 is 0. The molecule has 0 atom stereocenters. The van der Waals surface area contributed by atoms with Gasteiger partial charge in [-0.25, -0.2) is 0 Å². The topological polar surface area (TPSA) is 61.6 Å². The summed E-state index contributed by atoms with van der Waals surface area (Å²) in [5.41, 5.74) is 4.27. The van der Waals surface area contributed by atoms with Gasteiger partial charge < -0.3 is 19.1 Å². The molecule has 1 aromatic carbocycles. The number of methoxy groups -OCH3 is 2. The Morgan fingerprint density at radius 3 is 2.43 bits per heavy atom. The number of allylic oxidation sites excluding steroid dienone is 1. The molecule has 0 radical (unpaired) electrons. The van der Waals surface area contributed by atoms with Crippen LogP contribution in [0.5, 0.6) is 0 Å². The van der Waals surface area contributed by atoms with E-state index in [0.29, 0.717) is 18.3 Å². The van der Waals surface area contributed by atoms with Gasteiger partial charge in [-0.1, -0.05) is 60.9 Å². The Hall–Kier alpha value is -2.76. The normalized spacial score (nSPS) is 20.5. The van der Waals surface area contributed by atoms with Crippen molar-refractivity contribution in [1.82, 2.24) is 0 Å². The molecule has 1 saturated carbocycles. The number of ether oxygens (including phenoxy) is 2. The van der Waals surface area contributed by atoms with E-state index in [0.717, 1.165) is 46.9 Å². The van der Waals surface area contributed by atoms with E-state index in [9.17, 15) is 0 Å². The first-order chi connectivity index (χ1) is 14.5. The Bertz CT molecular complexity index is 790. The summed E-state index contributed by atoms with van der Waals surface area (Å²) in [6.07, 6.45) is 6.22. The molecule has 30 heavy (non-hydrogen) atoms. The number of hydrogen-bond donors (Lipinski definition) is 0. The molecule has 6 heteroatoms. The van der Waals surface area contributed by atoms with E-state index in [1.54, 1.807) is 27.6 Å². The maximum Gasteiger partial charge on any atom is 0.142 e. The molecule has 0 saturated heterocycles. The summed E-state index contributed by atoms with van der Waals surface area (Å²) in [7, 11) is 4.75. The quantitative estimate of drug-likeness (QED) is 0.218. The van der Waals surface area contributed by atoms with E-state index >= 15 is 0 Å². The number of oxime groups is 2. The van der Waals surface area contributed by atoms with Crippen LogP contribution in [0.1, 0.15) is 50.7 Å². The molecule has 1 fully saturated rings. The van der Waals surface area contributed by atoms with Crippen LogP contribution in [0.4, 0.5) is 0 Å². The molecule has 1 aliphatic carbocycles. The molecule has 0 aromatic heterocycles. The minimum atomic E-state index is 0.299. The van der Waals surface area contributed by atoms with Crippen LogP contribution in [0.2, 0.25) is 0 Å². The molecule has 0 spiro atoms. The van der Waals surface area contributed by atoms with Crippen LogP contribution in [0.3, 0.4) is 0 Å². The molecule has 2 rings (SSSR count). The second-order valence-electron chi connectivity index (χ2n) is 7.62. The van der Waals surface area contributed by atoms with Crippen LogP contribution in [0.15, 0.2) is 53.2 Å². The van der Waals surface area contributed by atoms with Gasteiger partial charge in [0.1, 0.15) is 30.9 Å². The maximum atomic E-state index is 5.72. The first kappa shape index (κ1) is 23.5. The highest BCUT2D eigenvalue weighted by Crippen LogP contribution is 2.30. The SMILES string of the molecule is C=C(OC)/C(=C/OC)c1ccccc1CO/N=C(C)/C(=N/OC)C1CCC(C)CC1. The van der Waals surface area contributed by atoms with E-state index in [1.807, 2.05) is 31.2 Å². The number of benzene rings is 1. The molecule has 0 aliphatic heterocycles. The van der Waals surface area contributed by atoms with Gasteiger partial charge in [-0.2, -0.15) is 0 Å². The zero-order chi connectivity index (χ0) is 21.9. The zero-order valence-electron chi connectivity index (χ0n) is 18.8. The molecule has 0 unspecified atom stereocenters. The zero-order valence-corrected chi connectivity index (χ0v) is 18.8. The lowest BCUT2D eigenvalue weighted by atomic mass is 9.79. The molecule has 0 heterocycles. The van der Waals surface area contributed by atoms with Crippen LogP contribution in [-0.2, 0) is 25.8 Å². The van der Waals surface area contributed by atoms with Crippen molar-refractivity contribution in [2.24, 2.45) is 22.1 Å². The minimum absolute atomic E-state index is 0.299. The fraction of sp³-hybridized carbons (Fsp3) is 0.500. The standard InChI is InChI=1S/C24H34N2O4/c1-17-11-13-20(14-12-17)24(26-29-6)18(2)25-30-15-21-9-7-8-10-22(21)23(16-27-4)19(3)28-5/h7-10,16-17,20H,3,11-15H2,1-2,4-6H3/b23-16-,25-18+,26-24-. The highest BCUT2D eigenvalue weighted by atomic mass is 16.6. The summed E-state index contributed by atoms with van der Waals surface area (Å²) in [4.78, 5) is 10.8. The van der Waals surface area contributed by atoms with E-state index < -0.39 is 0 Å². The number of rotatable bonds is 10. The molecular weight excluding hydrogens is 380 g/mol. The second kappa shape index (κ2) is 12.1. The van der Waals surface area contributed by atoms with Crippen molar-refractivity contribution in [3.05, 3.63) is 54.0 Å². The van der Waals surface area contributed by atoms with Gasteiger partial charge in [0.05, 0.1) is 26.1 Å². The number of nitrogens with zero attached hydrogens (tertiary/aromatic N) is 2. The molecule has 0 N–H and O–H groups in total. The average molecular weight is 415 g/mol. The Kier molecular flexibility index (Phi) is 9.45. The predicted molar refractivity (Wildman–Crippen MR) is 121 cm³/mol. The van der Waals surface area contributed by atoms with Crippen LogP contribution in [0, 0.1) is 11.8 Å². The highest BCUT2D eigenvalue weighted by molar-refractivity contribution is 6.42. The Balaban J connectivity index is 2.14. The van der Waals surface area contributed by atoms with Crippen molar-refractivity contribution in [1.29, 1.82) is 0 Å². The summed E-state index contributed by atoms with van der Waals surface area (Å²) in [5, 5.41) is 8.60. The van der Waals surface area contributed by atoms with Crippen molar-refractivity contribution >= 4 is 17.0 Å². The smallest absolute Gasteiger partial charge is 0.142 e. The van der Waals surface area contributed by atoms with E-state index in [1.165, 1.54) is 12.8 Å². The minimum Gasteiger partial charge on any atom is -0.504 e. The summed E-state index contributed by atoms with van der Waals surface area (Å²) in [6.45, 7) is 8.47. The van der Waals surface area contributed by atoms with Gasteiger partial charge >= 0.3 is 0 Å². The molecule has 1 aliphatic rings. The van der Waals surface area contributed by atoms with Crippen LogP contribution in [0.25, 0.3) is 5.57 Å². The van der Waals surface area contributed by atoms with E-state index in [-0.39, 0.29) is 0 Å². The van der Waals surface area contributed by atoms with Gasteiger partial charge in [0.15, 0.2) is 0 Å². The van der Waals surface area contributed by atoms with Gasteiger partial charge in [0.2, 0.25) is 0 Å². The van der Waals surface area contributed by atoms with Crippen molar-refractivity contribution < 1.29 is 19.1 Å². The van der Waals surface area contributed by atoms with Crippen LogP contribution in [-0.4, -0.2) is 32.8 Å². The van der Waals surface area contributed by atoms with Gasteiger partial charge in [-0.05, 0) is 31.2 Å². The summed E-state index contributed by atoms with van der Waals surface area (Å²) in [6, 6.07) is 7.87. The van der Waals surface area contributed by atoms with Gasteiger partial charge in [-0.15, -0.1) is 0 Å². The lowest BCUT2D eigenvalue weighted by Crippen LogP contribution is -2.26. The summed E-state index contributed by atoms with van der Waals surface area (Å²) in [5.74, 6) is 1.65. The third-order valence-corrected chi connectivity index (χ3v) is 5.47. The van der Waals surface area contributed by atoms with Gasteiger partial charge in [0, 0.05) is 11.5 Å². The van der Waals surface area contributed by atoms with Crippen LogP contribution < -0.4 is 0 Å². The monoisotopic (exact) mass is 414 g/mol. The first-order valence-corrected chi connectivity index (χ1v) is 10.3. The average Bonchev–Trinajstić information content (AvgIpc) is 2.76. The molecule has 164 valence electrons. The van der Waals surface area contributed by atoms with Gasteiger partial charge in [-0.3, -0.25) is 0 Å². The lowest BCUT2D eigenvalue weighted by molar-refractivity contribution is 0.130. The largest absolute Gasteiger partial charge is 0.504 e. The van der Waals surface area contributed by atoms with E-state index in [4.69, 9.17) is 19.1 Å². The van der Waals surface area contributed by atoms with Crippen LogP contribution >= 0.6 is 0 Å². The highest BCUT2D eigenvalue weighted by Gasteiger charge is 2.25. The lowest BCUT2D eigenvalue weighted by Gasteiger charge is -2.26. The van der Waals surface area contributed by atoms with Crippen molar-refractivity contribution in [2.75, 3.05) is 21.3 Å². The molecule has 0 amide bonds. The van der Waals surface area contributed by atoms with Crippen molar-refractivity contribution in [2.45, 2.75) is 46.1 Å². The predicted octanol–water partition coefficient (Wildman–Crippen LogP) is 5.56. The van der Waals surface area contributed by atoms with Crippen molar-refractivity contribution in [3.8, 4) is 0 Å². The second-order valence-corrected chi connectivity index (χ2v) is 7.62. The Morgan fingerprint density at radius 1 is 1.10 bits per heavy atom. The molecular formula is C24H34N2O4. The Morgan fingerprint density at radius 2 is 1.80 bits per heavy atom. The van der Waals surface area contributed by atoms with Crippen molar-refractivity contribution in [3.63, 3.8) is 0 Å². The first-order valence-electron chi connectivity index (χ1n) is 10.3. The third-order valence-electron chi connectivity index (χ3n) is 5.47. The molecule has 0 bridgehead atoms. The van der Waals surface area contributed by atoms with Gasteiger partial charge in [0.25, 0.3) is 0 Å². The maximum absolute atomic E-state index is 5.72. The molecule has 1 aromatic rings. The molecule has 6 nitrogen and oxygen atoms in total. The summed E-state index contributed by atoms with van der Waals surface area (Å²) < 4.78 is 10.5. The number of hydrogen-bond acceptors (Lipinski definition) is 6. The van der Waals surface area contributed by atoms with E-state index in [2.05, 4.69) is 23.8 Å². The third kappa shape index (κ3) is 6.37.